The third-order valence-electron chi connectivity index (χ3n) is 3.07. The molecule has 1 atom stereocenters. The van der Waals surface area contributed by atoms with Gasteiger partial charge < -0.3 is 15.2 Å². The molecular weight excluding hydrogens is 214 g/mol. The number of nitrogens with one attached hydrogen (secondary N) is 2. The molecule has 1 fully saturated rings. The minimum absolute atomic E-state index is 0.408. The molecule has 1 unspecified atom stereocenters. The van der Waals surface area contributed by atoms with E-state index in [-0.39, 0.29) is 0 Å². The first-order valence-corrected chi connectivity index (χ1v) is 6.57. The molecule has 1 aromatic heterocycles. The monoisotopic (exact) mass is 237 g/mol. The van der Waals surface area contributed by atoms with E-state index in [0.717, 1.165) is 30.6 Å². The molecule has 0 aromatic carbocycles. The Morgan fingerprint density at radius 2 is 2.18 bits per heavy atom. The molecule has 2 rings (SSSR count). The molecular formula is C13H23N3O. The molecule has 0 spiro atoms. The summed E-state index contributed by atoms with van der Waals surface area (Å²) in [6, 6.07) is 3.28. The first kappa shape index (κ1) is 12.6. The molecule has 0 saturated heterocycles. The van der Waals surface area contributed by atoms with Crippen LogP contribution in [0.2, 0.25) is 0 Å². The van der Waals surface area contributed by atoms with Crippen molar-refractivity contribution in [2.45, 2.75) is 58.2 Å². The van der Waals surface area contributed by atoms with Crippen LogP contribution in [-0.2, 0) is 6.54 Å². The van der Waals surface area contributed by atoms with E-state index in [1.165, 1.54) is 12.8 Å². The van der Waals surface area contributed by atoms with Crippen molar-refractivity contribution in [2.24, 2.45) is 0 Å². The van der Waals surface area contributed by atoms with Crippen LogP contribution in [0.1, 0.15) is 51.0 Å². The Morgan fingerprint density at radius 1 is 1.41 bits per heavy atom. The highest BCUT2D eigenvalue weighted by Gasteiger charge is 2.20. The molecule has 1 aliphatic rings. The molecule has 1 saturated carbocycles. The van der Waals surface area contributed by atoms with Crippen molar-refractivity contribution in [1.29, 1.82) is 0 Å². The van der Waals surface area contributed by atoms with Gasteiger partial charge in [0, 0.05) is 37.2 Å². The van der Waals surface area contributed by atoms with Gasteiger partial charge >= 0.3 is 0 Å². The first-order valence-electron chi connectivity index (χ1n) is 6.57. The van der Waals surface area contributed by atoms with Crippen LogP contribution in [0.15, 0.2) is 10.6 Å². The van der Waals surface area contributed by atoms with Gasteiger partial charge in [-0.3, -0.25) is 0 Å². The van der Waals surface area contributed by atoms with Crippen LogP contribution in [0, 0.1) is 0 Å². The van der Waals surface area contributed by atoms with Crippen molar-refractivity contribution < 1.29 is 4.52 Å². The molecule has 0 bridgehead atoms. The second-order valence-electron chi connectivity index (χ2n) is 5.34. The Hall–Kier alpha value is -0.870. The molecule has 4 heteroatoms. The zero-order valence-corrected chi connectivity index (χ0v) is 11.0. The lowest BCUT2D eigenvalue weighted by atomic mass is 10.1. The lowest BCUT2D eigenvalue weighted by Gasteiger charge is -2.13. The fraction of sp³-hybridized carbons (Fsp3) is 0.769. The normalized spacial score (nSPS) is 17.6. The first-order chi connectivity index (χ1) is 8.15. The Morgan fingerprint density at radius 3 is 2.76 bits per heavy atom. The summed E-state index contributed by atoms with van der Waals surface area (Å²) >= 11 is 0. The number of rotatable bonds is 7. The van der Waals surface area contributed by atoms with E-state index in [1.807, 2.05) is 6.07 Å². The highest BCUT2D eigenvalue weighted by Crippen LogP contribution is 2.18. The van der Waals surface area contributed by atoms with Gasteiger partial charge in [-0.1, -0.05) is 19.0 Å². The number of nitrogens with zero attached hydrogens (tertiary/aromatic N) is 1. The fourth-order valence-corrected chi connectivity index (χ4v) is 1.67. The third kappa shape index (κ3) is 4.13. The van der Waals surface area contributed by atoms with E-state index in [2.05, 4.69) is 36.6 Å². The molecule has 17 heavy (non-hydrogen) atoms. The van der Waals surface area contributed by atoms with Crippen molar-refractivity contribution in [2.75, 3.05) is 6.54 Å². The van der Waals surface area contributed by atoms with Gasteiger partial charge in [-0.2, -0.15) is 0 Å². The molecule has 4 nitrogen and oxygen atoms in total. The van der Waals surface area contributed by atoms with Crippen LogP contribution < -0.4 is 10.6 Å². The quantitative estimate of drug-likeness (QED) is 0.762. The van der Waals surface area contributed by atoms with E-state index in [4.69, 9.17) is 4.52 Å². The largest absolute Gasteiger partial charge is 0.361 e. The fourth-order valence-electron chi connectivity index (χ4n) is 1.67. The Kier molecular flexibility index (Phi) is 4.18. The Labute approximate surface area is 103 Å². The van der Waals surface area contributed by atoms with Gasteiger partial charge in [0.1, 0.15) is 5.76 Å². The summed E-state index contributed by atoms with van der Waals surface area (Å²) in [5.74, 6) is 1.37. The van der Waals surface area contributed by atoms with Crippen LogP contribution >= 0.6 is 0 Å². The molecule has 0 radical (unpaired) electrons. The van der Waals surface area contributed by atoms with Gasteiger partial charge in [0.05, 0.1) is 5.69 Å². The van der Waals surface area contributed by atoms with Crippen LogP contribution in [0.3, 0.4) is 0 Å². The maximum absolute atomic E-state index is 5.26. The molecule has 2 N–H and O–H groups in total. The molecule has 0 amide bonds. The van der Waals surface area contributed by atoms with Crippen molar-refractivity contribution >= 4 is 0 Å². The van der Waals surface area contributed by atoms with E-state index >= 15 is 0 Å². The smallest absolute Gasteiger partial charge is 0.139 e. The minimum Gasteiger partial charge on any atom is -0.361 e. The summed E-state index contributed by atoms with van der Waals surface area (Å²) in [5, 5.41) is 11.0. The van der Waals surface area contributed by atoms with Crippen molar-refractivity contribution in [1.82, 2.24) is 15.8 Å². The van der Waals surface area contributed by atoms with Gasteiger partial charge in [0.15, 0.2) is 0 Å². The summed E-state index contributed by atoms with van der Waals surface area (Å²) in [4.78, 5) is 0. The minimum atomic E-state index is 0.408. The summed E-state index contributed by atoms with van der Waals surface area (Å²) < 4.78 is 5.26. The predicted molar refractivity (Wildman–Crippen MR) is 67.9 cm³/mol. The molecule has 1 heterocycles. The van der Waals surface area contributed by atoms with E-state index in [9.17, 15) is 0 Å². The van der Waals surface area contributed by atoms with Crippen molar-refractivity contribution in [3.05, 3.63) is 17.5 Å². The maximum Gasteiger partial charge on any atom is 0.139 e. The van der Waals surface area contributed by atoms with Gasteiger partial charge in [-0.25, -0.2) is 0 Å². The number of hydrogen-bond donors (Lipinski definition) is 2. The number of hydrogen-bond acceptors (Lipinski definition) is 4. The second-order valence-corrected chi connectivity index (χ2v) is 5.34. The zero-order chi connectivity index (χ0) is 12.3. The molecule has 1 aliphatic carbocycles. The lowest BCUT2D eigenvalue weighted by Crippen LogP contribution is -2.36. The second kappa shape index (κ2) is 5.65. The van der Waals surface area contributed by atoms with Crippen LogP contribution in [0.5, 0.6) is 0 Å². The Balaban J connectivity index is 1.68. The van der Waals surface area contributed by atoms with Gasteiger partial charge in [-0.15, -0.1) is 0 Å². The highest BCUT2D eigenvalue weighted by molar-refractivity contribution is 5.08. The maximum atomic E-state index is 5.26. The third-order valence-corrected chi connectivity index (χ3v) is 3.07. The molecule has 0 aliphatic heterocycles. The summed E-state index contributed by atoms with van der Waals surface area (Å²) in [6.07, 6.45) is 2.68. The number of aromatic nitrogens is 1. The summed E-state index contributed by atoms with van der Waals surface area (Å²) in [5.41, 5.74) is 0.993. The van der Waals surface area contributed by atoms with Crippen LogP contribution in [0.25, 0.3) is 0 Å². The topological polar surface area (TPSA) is 50.1 Å². The molecule has 96 valence electrons. The van der Waals surface area contributed by atoms with E-state index in [0.29, 0.717) is 12.0 Å². The SMILES string of the molecule is CC(CNC1CC1)NCc1cc(C(C)C)on1. The predicted octanol–water partition coefficient (Wildman–Crippen LogP) is 2.03. The summed E-state index contributed by atoms with van der Waals surface area (Å²) in [7, 11) is 0. The Bertz CT molecular complexity index is 344. The van der Waals surface area contributed by atoms with Crippen molar-refractivity contribution in [3.8, 4) is 0 Å². The van der Waals surface area contributed by atoms with E-state index < -0.39 is 0 Å². The highest BCUT2D eigenvalue weighted by atomic mass is 16.5. The van der Waals surface area contributed by atoms with Crippen molar-refractivity contribution in [3.63, 3.8) is 0 Å². The average molecular weight is 237 g/mol. The average Bonchev–Trinajstić information content (AvgIpc) is 3.00. The van der Waals surface area contributed by atoms with Crippen LogP contribution in [0.4, 0.5) is 0 Å². The van der Waals surface area contributed by atoms with Crippen LogP contribution in [-0.4, -0.2) is 23.8 Å². The summed E-state index contributed by atoms with van der Waals surface area (Å²) in [6.45, 7) is 8.22. The zero-order valence-electron chi connectivity index (χ0n) is 11.0. The lowest BCUT2D eigenvalue weighted by molar-refractivity contribution is 0.362. The standard InChI is InChI=1S/C13H23N3O/c1-9(2)13-6-12(16-17-13)8-14-10(3)7-15-11-4-5-11/h6,9-11,14-15H,4-5,7-8H2,1-3H3. The van der Waals surface area contributed by atoms with E-state index in [1.54, 1.807) is 0 Å². The van der Waals surface area contributed by atoms with Gasteiger partial charge in [-0.05, 0) is 19.8 Å². The van der Waals surface area contributed by atoms with Gasteiger partial charge in [0.2, 0.25) is 0 Å². The van der Waals surface area contributed by atoms with Gasteiger partial charge in [0.25, 0.3) is 0 Å². The molecule has 1 aromatic rings.